The molecule has 0 radical (unpaired) electrons. The summed E-state index contributed by atoms with van der Waals surface area (Å²) in [6.07, 6.45) is 2.35. The van der Waals surface area contributed by atoms with E-state index >= 15 is 0 Å². The highest BCUT2D eigenvalue weighted by Crippen LogP contribution is 2.57. The Morgan fingerprint density at radius 1 is 1.26 bits per heavy atom. The molecule has 2 atom stereocenters. The molecule has 0 unspecified atom stereocenters. The topological polar surface area (TPSA) is 91.5 Å². The molecule has 2 N–H and O–H groups in total. The summed E-state index contributed by atoms with van der Waals surface area (Å²) < 4.78 is 0. The van der Waals surface area contributed by atoms with E-state index in [4.69, 9.17) is 11.6 Å². The summed E-state index contributed by atoms with van der Waals surface area (Å²) in [7, 11) is 0. The second-order valence-corrected chi connectivity index (χ2v) is 6.76. The monoisotopic (exact) mass is 346 g/mol. The van der Waals surface area contributed by atoms with Crippen molar-refractivity contribution >= 4 is 22.9 Å². The minimum absolute atomic E-state index is 0.267. The van der Waals surface area contributed by atoms with Crippen molar-refractivity contribution in [3.8, 4) is 11.3 Å². The second-order valence-electron chi connectivity index (χ2n) is 5.43. The Labute approximate surface area is 139 Å². The maximum absolute atomic E-state index is 11.9. The van der Waals surface area contributed by atoms with Crippen LogP contribution in [0.15, 0.2) is 39.4 Å². The quantitative estimate of drug-likeness (QED) is 0.762. The molecule has 1 aliphatic carbocycles. The van der Waals surface area contributed by atoms with Gasteiger partial charge in [0.15, 0.2) is 5.15 Å². The Hall–Kier alpha value is -2.25. The summed E-state index contributed by atoms with van der Waals surface area (Å²) in [5.41, 5.74) is 0.505. The van der Waals surface area contributed by atoms with Crippen LogP contribution in [0.3, 0.4) is 0 Å². The van der Waals surface area contributed by atoms with Crippen LogP contribution in [0.2, 0.25) is 5.15 Å². The number of thiophene rings is 1. The average Bonchev–Trinajstić information content (AvgIpc) is 3.12. The fourth-order valence-electron chi connectivity index (χ4n) is 2.74. The molecule has 3 heterocycles. The second kappa shape index (κ2) is 5.43. The molecule has 3 aromatic heterocycles. The number of hydrogen-bond acceptors (Lipinski definition) is 5. The van der Waals surface area contributed by atoms with Crippen LogP contribution >= 0.6 is 22.9 Å². The minimum atomic E-state index is -0.555. The molecule has 23 heavy (non-hydrogen) atoms. The fourth-order valence-corrected chi connectivity index (χ4v) is 3.88. The number of rotatable bonds is 3. The van der Waals surface area contributed by atoms with E-state index in [1.807, 2.05) is 6.07 Å². The minimum Gasteiger partial charge on any atom is -0.313 e. The predicted octanol–water partition coefficient (Wildman–Crippen LogP) is 2.51. The molecule has 0 saturated heterocycles. The summed E-state index contributed by atoms with van der Waals surface area (Å²) in [6.45, 7) is 0. The molecular formula is C15H11ClN4O2S. The highest BCUT2D eigenvalue weighted by molar-refractivity contribution is 7.10. The molecule has 4 rings (SSSR count). The molecule has 1 aliphatic rings. The van der Waals surface area contributed by atoms with E-state index < -0.39 is 11.2 Å². The third-order valence-electron chi connectivity index (χ3n) is 3.97. The van der Waals surface area contributed by atoms with Gasteiger partial charge in [0.1, 0.15) is 5.69 Å². The predicted molar refractivity (Wildman–Crippen MR) is 88.1 cm³/mol. The van der Waals surface area contributed by atoms with Gasteiger partial charge < -0.3 is 4.98 Å². The number of nitrogens with zero attached hydrogens (tertiary/aromatic N) is 2. The summed E-state index contributed by atoms with van der Waals surface area (Å²) in [5, 5.41) is 10.4. The number of halogens is 1. The van der Waals surface area contributed by atoms with Crippen molar-refractivity contribution in [3.05, 3.63) is 66.2 Å². The van der Waals surface area contributed by atoms with E-state index in [0.29, 0.717) is 16.8 Å². The zero-order chi connectivity index (χ0) is 16.0. The van der Waals surface area contributed by atoms with E-state index in [2.05, 4.69) is 31.6 Å². The lowest BCUT2D eigenvalue weighted by molar-refractivity contribution is 0.956. The van der Waals surface area contributed by atoms with E-state index in [1.54, 1.807) is 17.4 Å². The molecule has 0 bridgehead atoms. The first-order valence-electron chi connectivity index (χ1n) is 7.02. The molecule has 0 aliphatic heterocycles. The Balaban J connectivity index is 1.72. The van der Waals surface area contributed by atoms with Gasteiger partial charge >= 0.3 is 5.69 Å². The Bertz CT molecular complexity index is 980. The van der Waals surface area contributed by atoms with Crippen LogP contribution in [-0.2, 0) is 0 Å². The lowest BCUT2D eigenvalue weighted by Gasteiger charge is -2.05. The van der Waals surface area contributed by atoms with Gasteiger partial charge in [-0.3, -0.25) is 9.78 Å². The van der Waals surface area contributed by atoms with Gasteiger partial charge in [-0.25, -0.2) is 4.79 Å². The van der Waals surface area contributed by atoms with Gasteiger partial charge in [-0.05, 0) is 35.4 Å². The van der Waals surface area contributed by atoms with Crippen molar-refractivity contribution < 1.29 is 0 Å². The van der Waals surface area contributed by atoms with Crippen molar-refractivity contribution in [1.82, 2.24) is 20.2 Å². The smallest absolute Gasteiger partial charge is 0.313 e. The molecule has 8 heteroatoms. The van der Waals surface area contributed by atoms with Gasteiger partial charge in [0, 0.05) is 17.0 Å². The molecule has 0 amide bonds. The number of hydrogen-bond donors (Lipinski definition) is 2. The number of aromatic nitrogens is 4. The van der Waals surface area contributed by atoms with Gasteiger partial charge in [0.2, 0.25) is 0 Å². The highest BCUT2D eigenvalue weighted by Gasteiger charge is 2.42. The maximum Gasteiger partial charge on any atom is 0.325 e. The first-order chi connectivity index (χ1) is 11.1. The van der Waals surface area contributed by atoms with Crippen LogP contribution in [0.25, 0.3) is 11.3 Å². The van der Waals surface area contributed by atoms with Crippen LogP contribution in [0, 0.1) is 0 Å². The zero-order valence-corrected chi connectivity index (χ0v) is 13.3. The average molecular weight is 347 g/mol. The normalized spacial score (nSPS) is 19.7. The first kappa shape index (κ1) is 14.3. The Kier molecular flexibility index (Phi) is 3.39. The largest absolute Gasteiger partial charge is 0.325 e. The van der Waals surface area contributed by atoms with Crippen molar-refractivity contribution in [2.75, 3.05) is 0 Å². The molecule has 3 aromatic rings. The summed E-state index contributed by atoms with van der Waals surface area (Å²) in [6, 6.07) is 5.94. The van der Waals surface area contributed by atoms with Gasteiger partial charge in [-0.2, -0.15) is 0 Å². The Morgan fingerprint density at radius 2 is 2.13 bits per heavy atom. The highest BCUT2D eigenvalue weighted by atomic mass is 35.5. The van der Waals surface area contributed by atoms with Crippen LogP contribution in [0.5, 0.6) is 0 Å². The molecule has 116 valence electrons. The van der Waals surface area contributed by atoms with Crippen molar-refractivity contribution in [2.45, 2.75) is 18.3 Å². The van der Waals surface area contributed by atoms with E-state index in [9.17, 15) is 9.59 Å². The van der Waals surface area contributed by atoms with Gasteiger partial charge in [0.25, 0.3) is 5.56 Å². The fraction of sp³-hybridized carbons (Fsp3) is 0.200. The molecule has 0 spiro atoms. The van der Waals surface area contributed by atoms with Crippen LogP contribution < -0.4 is 11.2 Å². The van der Waals surface area contributed by atoms with E-state index in [-0.39, 0.29) is 11.5 Å². The summed E-state index contributed by atoms with van der Waals surface area (Å²) in [4.78, 5) is 29.0. The number of H-pyrrole nitrogens is 2. The van der Waals surface area contributed by atoms with E-state index in [0.717, 1.165) is 12.0 Å². The molecule has 6 nitrogen and oxygen atoms in total. The van der Waals surface area contributed by atoms with E-state index in [1.165, 1.54) is 11.1 Å². The first-order valence-corrected chi connectivity index (χ1v) is 8.28. The zero-order valence-electron chi connectivity index (χ0n) is 11.7. The third kappa shape index (κ3) is 2.62. The van der Waals surface area contributed by atoms with Gasteiger partial charge in [-0.1, -0.05) is 17.7 Å². The lowest BCUT2D eigenvalue weighted by Crippen LogP contribution is -2.22. The number of nitrogens with one attached hydrogen (secondary N) is 2. The molecule has 1 saturated carbocycles. The third-order valence-corrected chi connectivity index (χ3v) is 5.27. The van der Waals surface area contributed by atoms with Crippen LogP contribution in [0.1, 0.15) is 28.7 Å². The molecule has 0 aromatic carbocycles. The molecule has 1 fully saturated rings. The maximum atomic E-state index is 11.9. The van der Waals surface area contributed by atoms with Crippen molar-refractivity contribution in [1.29, 1.82) is 0 Å². The van der Waals surface area contributed by atoms with Crippen molar-refractivity contribution in [2.24, 2.45) is 0 Å². The number of aromatic amines is 2. The van der Waals surface area contributed by atoms with Crippen molar-refractivity contribution in [3.63, 3.8) is 0 Å². The summed E-state index contributed by atoms with van der Waals surface area (Å²) in [5.74, 6) is 0.732. The standard InChI is InChI=1S/C15H11ClN4O2S/c16-13-9(7-4-8(7)12-2-1-3-23-12)5-11(19-20-13)10-6-17-15(22)18-14(10)21/h1-3,5-8H,4H2,(H2,17,18,21,22)/t7-,8-/m0/s1. The summed E-state index contributed by atoms with van der Waals surface area (Å²) >= 11 is 7.93. The Morgan fingerprint density at radius 3 is 2.87 bits per heavy atom. The van der Waals surface area contributed by atoms with Gasteiger partial charge in [-0.15, -0.1) is 21.5 Å². The SMILES string of the molecule is O=c1[nH]cc(-c2cc([C@H]3C[C@@H]3c3cccs3)c(Cl)nn2)c(=O)[nH]1. The van der Waals surface area contributed by atoms with Gasteiger partial charge in [0.05, 0.1) is 5.56 Å². The molecular weight excluding hydrogens is 336 g/mol. The van der Waals surface area contributed by atoms with Crippen LogP contribution in [-0.4, -0.2) is 20.2 Å². The lowest BCUT2D eigenvalue weighted by atomic mass is 10.1. The van der Waals surface area contributed by atoms with Crippen LogP contribution in [0.4, 0.5) is 0 Å².